The van der Waals surface area contributed by atoms with Crippen molar-refractivity contribution in [2.45, 2.75) is 58.4 Å². The van der Waals surface area contributed by atoms with E-state index in [1.165, 1.54) is 0 Å². The molecule has 0 aromatic rings. The Hall–Kier alpha value is -1.98. The molecule has 0 rings (SSSR count). The first-order valence-corrected chi connectivity index (χ1v) is 8.56. The molecule has 0 aliphatic carbocycles. The minimum Gasteiger partial charge on any atom is -0.290 e. The fraction of sp³-hybridized carbons (Fsp3) is 0.769. The molecule has 38 heavy (non-hydrogen) atoms. The zero-order chi connectivity index (χ0) is 31.7. The normalized spacial score (nSPS) is 15.9. The van der Waals surface area contributed by atoms with Crippen LogP contribution in [-0.2, 0) is 14.4 Å². The van der Waals surface area contributed by atoms with Crippen molar-refractivity contribution in [2.75, 3.05) is 0 Å². The Morgan fingerprint density at radius 2 is 0.474 bits per heavy atom. The predicted octanol–water partition coefficient (Wildman–Crippen LogP) is 6.33. The molecule has 0 aliphatic rings. The summed E-state index contributed by atoms with van der Waals surface area (Å²) in [6.45, 7) is 0. The van der Waals surface area contributed by atoms with E-state index in [0.717, 1.165) is 0 Å². The Balaban J connectivity index is 7.80. The average Bonchev–Trinajstić information content (AvgIpc) is 2.68. The van der Waals surface area contributed by atoms with Gasteiger partial charge in [0.25, 0.3) is 0 Å². The van der Waals surface area contributed by atoms with Crippen molar-refractivity contribution in [1.82, 2.24) is 0 Å². The van der Waals surface area contributed by atoms with E-state index in [0.29, 0.717) is 0 Å². The zero-order valence-electron chi connectivity index (χ0n) is 16.0. The highest BCUT2D eigenvalue weighted by Gasteiger charge is 2.87. The number of carbonyl (C=O) groups excluding carboxylic acids is 3. The SMILES string of the molecule is O=C(C(Br)(C(=O)C(F)(F)C(F)(F)C(F)(F)F)C(=O)C(F)(F)C(F)(F)C(F)(F)F)C(F)(F)C(F)(F)C(F)(F)F. The molecule has 0 aromatic heterocycles. The second-order valence-electron chi connectivity index (χ2n) is 6.59. The van der Waals surface area contributed by atoms with E-state index in [-0.39, 0.29) is 15.9 Å². The zero-order valence-corrected chi connectivity index (χ0v) is 17.6. The van der Waals surface area contributed by atoms with Crippen LogP contribution in [0, 0.1) is 0 Å². The molecule has 0 aliphatic heterocycles. The van der Waals surface area contributed by atoms with Crippen LogP contribution in [0.25, 0.3) is 0 Å². The van der Waals surface area contributed by atoms with Crippen LogP contribution in [0.3, 0.4) is 0 Å². The topological polar surface area (TPSA) is 51.2 Å². The van der Waals surface area contributed by atoms with E-state index in [4.69, 9.17) is 0 Å². The van der Waals surface area contributed by atoms with Gasteiger partial charge in [-0.2, -0.15) is 92.2 Å². The van der Waals surface area contributed by atoms with Crippen molar-refractivity contribution in [1.29, 1.82) is 0 Å². The van der Waals surface area contributed by atoms with Gasteiger partial charge in [0.1, 0.15) is 0 Å². The molecule has 0 atom stereocenters. The first kappa shape index (κ1) is 36.0. The lowest BCUT2D eigenvalue weighted by atomic mass is 9.80. The quantitative estimate of drug-likeness (QED) is 0.163. The third-order valence-corrected chi connectivity index (χ3v) is 5.13. The van der Waals surface area contributed by atoms with Crippen LogP contribution < -0.4 is 0 Å². The Bertz CT molecular complexity index is 847. The number of halogens is 22. The number of carbonyl (C=O) groups is 3. The number of hydrogen-bond acceptors (Lipinski definition) is 3. The summed E-state index contributed by atoms with van der Waals surface area (Å²) in [6.07, 6.45) is -23.6. The van der Waals surface area contributed by atoms with Crippen molar-refractivity contribution in [2.24, 2.45) is 0 Å². The molecule has 0 aromatic carbocycles. The minimum atomic E-state index is -8.17. The standard InChI is InChI=1S/C13BrF21O3/c14-4(1(36)5(15,16)8(21,22)11(27,28)29,2(37)6(17,18)9(23,24)12(30,31)32)3(38)7(19,20)10(25,26)13(33,34)35. The largest absolute Gasteiger partial charge is 0.460 e. The summed E-state index contributed by atoms with van der Waals surface area (Å²) in [5, 5.41) is 0. The maximum Gasteiger partial charge on any atom is 0.460 e. The van der Waals surface area contributed by atoms with E-state index in [1.54, 1.807) is 0 Å². The van der Waals surface area contributed by atoms with Gasteiger partial charge in [0.05, 0.1) is 0 Å². The molecule has 224 valence electrons. The average molecular weight is 683 g/mol. The van der Waals surface area contributed by atoms with E-state index in [2.05, 4.69) is 0 Å². The summed E-state index contributed by atoms with van der Waals surface area (Å²) in [7, 11) is 0. The molecule has 0 spiro atoms. The van der Waals surface area contributed by atoms with Crippen molar-refractivity contribution < 1.29 is 107 Å². The molecular formula is C13BrF21O3. The Morgan fingerprint density at radius 3 is 0.579 bits per heavy atom. The highest BCUT2D eigenvalue weighted by molar-refractivity contribution is 9.11. The summed E-state index contributed by atoms with van der Waals surface area (Å²) >= 11 is 0.176. The van der Waals surface area contributed by atoms with Crippen molar-refractivity contribution in [3.8, 4) is 0 Å². The van der Waals surface area contributed by atoms with E-state index < -0.39 is 75.7 Å². The Kier molecular flexibility index (Phi) is 8.55. The molecule has 0 heterocycles. The van der Waals surface area contributed by atoms with Crippen molar-refractivity contribution >= 4 is 33.3 Å². The van der Waals surface area contributed by atoms with Crippen molar-refractivity contribution in [3.05, 3.63) is 0 Å². The van der Waals surface area contributed by atoms with Gasteiger partial charge >= 0.3 is 54.1 Å². The predicted molar refractivity (Wildman–Crippen MR) is 74.5 cm³/mol. The van der Waals surface area contributed by atoms with Gasteiger partial charge in [-0.1, -0.05) is 15.9 Å². The lowest BCUT2D eigenvalue weighted by Crippen LogP contribution is -2.73. The van der Waals surface area contributed by atoms with Crippen LogP contribution in [-0.4, -0.2) is 75.7 Å². The van der Waals surface area contributed by atoms with Gasteiger partial charge < -0.3 is 0 Å². The van der Waals surface area contributed by atoms with Gasteiger partial charge in [0.15, 0.2) is 0 Å². The van der Waals surface area contributed by atoms with Crippen LogP contribution in [0.1, 0.15) is 0 Å². The Labute approximate surface area is 199 Å². The molecule has 3 nitrogen and oxygen atoms in total. The van der Waals surface area contributed by atoms with Gasteiger partial charge in [0.2, 0.25) is 21.7 Å². The van der Waals surface area contributed by atoms with Gasteiger partial charge in [0, 0.05) is 0 Å². The van der Waals surface area contributed by atoms with E-state index in [1.807, 2.05) is 0 Å². The molecule has 0 unspecified atom stereocenters. The van der Waals surface area contributed by atoms with Gasteiger partial charge in [-0.05, 0) is 0 Å². The van der Waals surface area contributed by atoms with Crippen LogP contribution >= 0.6 is 15.9 Å². The van der Waals surface area contributed by atoms with Gasteiger partial charge in [-0.15, -0.1) is 0 Å². The fourth-order valence-corrected chi connectivity index (χ4v) is 2.67. The number of rotatable bonds is 9. The molecular weight excluding hydrogens is 683 g/mol. The third-order valence-electron chi connectivity index (χ3n) is 4.05. The molecule has 0 radical (unpaired) electrons. The molecule has 0 bridgehead atoms. The lowest BCUT2D eigenvalue weighted by molar-refractivity contribution is -0.349. The summed E-state index contributed by atoms with van der Waals surface area (Å²) in [5.74, 6) is -65.6. The molecule has 0 amide bonds. The second kappa shape index (κ2) is 9.02. The highest BCUT2D eigenvalue weighted by atomic mass is 79.9. The maximum atomic E-state index is 13.7. The smallest absolute Gasteiger partial charge is 0.290 e. The number of hydrogen-bond donors (Lipinski definition) is 0. The second-order valence-corrected chi connectivity index (χ2v) is 7.77. The number of ketones is 3. The van der Waals surface area contributed by atoms with Crippen LogP contribution in [0.5, 0.6) is 0 Å². The van der Waals surface area contributed by atoms with E-state index in [9.17, 15) is 107 Å². The summed E-state index contributed by atoms with van der Waals surface area (Å²) in [4.78, 5) is 34.7. The molecule has 0 saturated carbocycles. The molecule has 0 saturated heterocycles. The first-order chi connectivity index (χ1) is 16.0. The monoisotopic (exact) mass is 682 g/mol. The minimum absolute atomic E-state index is 0.176. The Morgan fingerprint density at radius 1 is 0.342 bits per heavy atom. The summed E-state index contributed by atoms with van der Waals surface area (Å²) < 4.78 is 264. The third kappa shape index (κ3) is 4.79. The lowest BCUT2D eigenvalue weighted by Gasteiger charge is -2.38. The summed E-state index contributed by atoms with van der Waals surface area (Å²) in [5.41, 5.74) is 0. The van der Waals surface area contributed by atoms with Gasteiger partial charge in [-0.3, -0.25) is 14.4 Å². The van der Waals surface area contributed by atoms with Crippen LogP contribution in [0.2, 0.25) is 0 Å². The molecule has 25 heteroatoms. The van der Waals surface area contributed by atoms with Crippen molar-refractivity contribution in [3.63, 3.8) is 0 Å². The number of Topliss-reactive ketones (excluding diaryl/α,β-unsaturated/α-hetero) is 3. The first-order valence-electron chi connectivity index (χ1n) is 7.77. The summed E-state index contributed by atoms with van der Waals surface area (Å²) in [6, 6.07) is 0. The van der Waals surface area contributed by atoms with Crippen LogP contribution in [0.4, 0.5) is 92.2 Å². The molecule has 0 fully saturated rings. The maximum absolute atomic E-state index is 13.7. The highest BCUT2D eigenvalue weighted by Crippen LogP contribution is 2.56. The fourth-order valence-electron chi connectivity index (χ4n) is 1.92. The van der Waals surface area contributed by atoms with Crippen LogP contribution in [0.15, 0.2) is 0 Å². The number of alkyl halides is 22. The van der Waals surface area contributed by atoms with E-state index >= 15 is 0 Å². The van der Waals surface area contributed by atoms with Gasteiger partial charge in [-0.25, -0.2) is 0 Å². The molecule has 0 N–H and O–H groups in total.